The van der Waals surface area contributed by atoms with E-state index in [-0.39, 0.29) is 49.0 Å². The number of benzene rings is 3. The summed E-state index contributed by atoms with van der Waals surface area (Å²) >= 11 is 1.64. The van der Waals surface area contributed by atoms with Gasteiger partial charge in [-0.25, -0.2) is 0 Å². The van der Waals surface area contributed by atoms with Crippen LogP contribution in [0.2, 0.25) is 0 Å². The first-order valence-electron chi connectivity index (χ1n) is 14.1. The van der Waals surface area contributed by atoms with Crippen molar-refractivity contribution in [2.75, 3.05) is 0 Å². The van der Waals surface area contributed by atoms with Crippen LogP contribution in [0.1, 0.15) is 22.1 Å². The third kappa shape index (κ3) is 6.91. The zero-order valence-corrected chi connectivity index (χ0v) is 21.1. The Labute approximate surface area is 230 Å². The molecule has 0 amide bonds. The van der Waals surface area contributed by atoms with Crippen molar-refractivity contribution < 1.29 is 31.1 Å². The molecule has 0 bridgehead atoms. The zero-order valence-electron chi connectivity index (χ0n) is 25.9. The summed E-state index contributed by atoms with van der Waals surface area (Å²) in [6.07, 6.45) is 4.08. The summed E-state index contributed by atoms with van der Waals surface area (Å²) in [4.78, 5) is 7.83. The topological polar surface area (TPSA) is 25.8 Å². The predicted octanol–water partition coefficient (Wildman–Crippen LogP) is 8.10. The summed E-state index contributed by atoms with van der Waals surface area (Å²) in [5.41, 5.74) is 0.950. The predicted molar refractivity (Wildman–Crippen MR) is 140 cm³/mol. The maximum Gasteiger partial charge on any atom is 0.0618 e. The second-order valence-electron chi connectivity index (χ2n) is 6.81. The van der Waals surface area contributed by atoms with Gasteiger partial charge in [0.1, 0.15) is 0 Å². The maximum absolute atomic E-state index is 8.15. The fourth-order valence-corrected chi connectivity index (χ4v) is 4.09. The van der Waals surface area contributed by atoms with E-state index in [1.807, 2.05) is 54.6 Å². The number of nitrogens with zero attached hydrogens (tertiary/aromatic N) is 2. The van der Waals surface area contributed by atoms with Gasteiger partial charge in [-0.3, -0.25) is 4.98 Å². The summed E-state index contributed by atoms with van der Waals surface area (Å²) in [7, 11) is 0. The van der Waals surface area contributed by atoms with E-state index in [2.05, 4.69) is 34.2 Å². The molecule has 2 nitrogen and oxygen atoms in total. The van der Waals surface area contributed by atoms with Crippen LogP contribution in [-0.2, 0) is 20.1 Å². The van der Waals surface area contributed by atoms with Gasteiger partial charge in [-0.05, 0) is 52.7 Å². The molecule has 1 radical (unpaired) electrons. The summed E-state index contributed by atoms with van der Waals surface area (Å²) < 4.78 is 61.6. The molecule has 0 fully saturated rings. The molecule has 0 N–H and O–H groups in total. The molecule has 6 aromatic rings. The number of pyridine rings is 2. The quantitative estimate of drug-likeness (QED) is 0.169. The molecule has 3 aromatic heterocycles. The van der Waals surface area contributed by atoms with E-state index < -0.39 is 13.7 Å². The normalized spacial score (nSPS) is 14.0. The molecule has 34 heavy (non-hydrogen) atoms. The van der Waals surface area contributed by atoms with Gasteiger partial charge in [0.2, 0.25) is 0 Å². The smallest absolute Gasteiger partial charge is 0.0618 e. The minimum Gasteiger partial charge on any atom is -0.304 e. The largest absolute Gasteiger partial charge is 0.304 e. The standard InChI is InChI=1S/C18H12NS.C6H7N.C6H5.Ir/c1-12-6-9-16(19-11-12)13-7-8-15-14-4-2-3-5-17(14)20-18(15)10-13;1-6-3-2-4-7-5-6;1-2-4-6-5-3-1;/h2-6,8-11H,1H3;2-5H,1H3;1-5H;/q-1;;-1;/i1D3,6D,9D;1D3;;. The Hall–Kier alpha value is -3.17. The minimum absolute atomic E-state index is 0. The van der Waals surface area contributed by atoms with Crippen molar-refractivity contribution in [1.82, 2.24) is 9.97 Å². The van der Waals surface area contributed by atoms with Crippen LogP contribution in [0.4, 0.5) is 0 Å². The second-order valence-corrected chi connectivity index (χ2v) is 7.90. The fourth-order valence-electron chi connectivity index (χ4n) is 2.96. The van der Waals surface area contributed by atoms with Crippen LogP contribution in [0.5, 0.6) is 0 Å². The number of hydrogen-bond acceptors (Lipinski definition) is 3. The molecule has 0 unspecified atom stereocenters. The van der Waals surface area contributed by atoms with Crippen LogP contribution >= 0.6 is 11.3 Å². The van der Waals surface area contributed by atoms with Gasteiger partial charge in [0.25, 0.3) is 0 Å². The van der Waals surface area contributed by atoms with Gasteiger partial charge in [0.05, 0.1) is 2.74 Å². The molecule has 0 saturated heterocycles. The van der Waals surface area contributed by atoms with E-state index in [4.69, 9.17) is 11.0 Å². The van der Waals surface area contributed by atoms with Gasteiger partial charge in [0, 0.05) is 51.6 Å². The SMILES string of the molecule is [2H]C([2H])([2H])c1cccnc1.[2H]c1c(C([2H])([2H])[2H])cnc(-c2[c-]cc3c(c2)sc2ccccc23)c1[2H].[Ir].[c-]1ccccc1. The average molecular weight is 645 g/mol. The molecular formula is C30H24IrN2S-2. The van der Waals surface area contributed by atoms with Gasteiger partial charge in [-0.15, -0.1) is 23.8 Å². The van der Waals surface area contributed by atoms with Crippen molar-refractivity contribution in [1.29, 1.82) is 0 Å². The first kappa shape index (κ1) is 16.5. The third-order valence-electron chi connectivity index (χ3n) is 4.47. The van der Waals surface area contributed by atoms with Gasteiger partial charge < -0.3 is 4.98 Å². The van der Waals surface area contributed by atoms with Crippen LogP contribution in [-0.4, -0.2) is 9.97 Å². The molecule has 4 heteroatoms. The Morgan fingerprint density at radius 1 is 0.853 bits per heavy atom. The van der Waals surface area contributed by atoms with E-state index >= 15 is 0 Å². The van der Waals surface area contributed by atoms with Crippen LogP contribution in [0.3, 0.4) is 0 Å². The van der Waals surface area contributed by atoms with Crippen molar-refractivity contribution in [2.45, 2.75) is 13.7 Å². The fraction of sp³-hybridized carbons (Fsp3) is 0.0667. The van der Waals surface area contributed by atoms with Crippen molar-refractivity contribution >= 4 is 31.5 Å². The Kier molecular flexibility index (Phi) is 6.25. The minimum atomic E-state index is -2.45. The molecule has 0 aliphatic heterocycles. The van der Waals surface area contributed by atoms with E-state index in [1.54, 1.807) is 29.7 Å². The molecule has 0 aliphatic carbocycles. The van der Waals surface area contributed by atoms with Crippen LogP contribution in [0, 0.1) is 25.8 Å². The molecule has 3 heterocycles. The van der Waals surface area contributed by atoms with E-state index in [9.17, 15) is 0 Å². The number of aryl methyl sites for hydroxylation is 2. The van der Waals surface area contributed by atoms with E-state index in [1.165, 1.54) is 17.1 Å². The van der Waals surface area contributed by atoms with Crippen molar-refractivity contribution in [3.8, 4) is 11.3 Å². The molecular weight excluding hydrogens is 613 g/mol. The molecule has 3 aromatic carbocycles. The van der Waals surface area contributed by atoms with Crippen LogP contribution in [0.15, 0.2) is 110 Å². The Morgan fingerprint density at radius 2 is 1.71 bits per heavy atom. The Morgan fingerprint density at radius 3 is 2.38 bits per heavy atom. The summed E-state index contributed by atoms with van der Waals surface area (Å²) in [5, 5.41) is 2.24. The number of aromatic nitrogens is 2. The summed E-state index contributed by atoms with van der Waals surface area (Å²) in [6, 6.07) is 30.2. The van der Waals surface area contributed by atoms with Gasteiger partial charge in [-0.1, -0.05) is 41.7 Å². The molecule has 0 atom stereocenters. The summed E-state index contributed by atoms with van der Waals surface area (Å²) in [6.45, 7) is -4.47. The second kappa shape index (κ2) is 12.9. The van der Waals surface area contributed by atoms with Crippen molar-refractivity contribution in [2.24, 2.45) is 0 Å². The Bertz CT molecular complexity index is 1710. The van der Waals surface area contributed by atoms with Gasteiger partial charge >= 0.3 is 0 Å². The number of rotatable bonds is 1. The van der Waals surface area contributed by atoms with Crippen LogP contribution < -0.4 is 0 Å². The first-order chi connectivity index (χ1) is 19.5. The average Bonchev–Trinajstić information content (AvgIpc) is 3.33. The third-order valence-corrected chi connectivity index (χ3v) is 5.61. The number of fused-ring (bicyclic) bond motifs is 3. The maximum atomic E-state index is 8.15. The summed E-state index contributed by atoms with van der Waals surface area (Å²) in [5.74, 6) is 0. The van der Waals surface area contributed by atoms with Gasteiger partial charge in [0.15, 0.2) is 0 Å². The van der Waals surface area contributed by atoms with E-state index in [0.29, 0.717) is 5.56 Å². The number of thiophene rings is 1. The zero-order chi connectivity index (χ0) is 29.6. The van der Waals surface area contributed by atoms with Crippen LogP contribution in [0.25, 0.3) is 31.4 Å². The van der Waals surface area contributed by atoms with E-state index in [0.717, 1.165) is 15.5 Å². The molecule has 0 aliphatic rings. The monoisotopic (exact) mass is 645 g/mol. The first-order valence-corrected chi connectivity index (χ1v) is 10.9. The molecule has 6 rings (SSSR count). The Balaban J connectivity index is 0.000000234. The van der Waals surface area contributed by atoms with Crippen molar-refractivity contribution in [3.63, 3.8) is 0 Å². The molecule has 0 spiro atoms. The van der Waals surface area contributed by atoms with Gasteiger partial charge in [-0.2, -0.15) is 47.7 Å². The molecule has 171 valence electrons. The number of hydrogen-bond donors (Lipinski definition) is 0. The molecule has 0 saturated carbocycles. The van der Waals surface area contributed by atoms with Crippen molar-refractivity contribution in [3.05, 3.63) is 133 Å².